The molecule has 1 unspecified atom stereocenters. The first-order chi connectivity index (χ1) is 15.3. The van der Waals surface area contributed by atoms with Gasteiger partial charge < -0.3 is 9.84 Å². The van der Waals surface area contributed by atoms with E-state index in [1.807, 2.05) is 0 Å². The van der Waals surface area contributed by atoms with Crippen molar-refractivity contribution in [2.45, 2.75) is 13.0 Å². The predicted molar refractivity (Wildman–Crippen MR) is 120 cm³/mol. The Morgan fingerprint density at radius 1 is 1.06 bits per heavy atom. The van der Waals surface area contributed by atoms with Crippen molar-refractivity contribution in [3.63, 3.8) is 0 Å². The second-order valence-corrected chi connectivity index (χ2v) is 7.79. The Labute approximate surface area is 189 Å². The highest BCUT2D eigenvalue weighted by Crippen LogP contribution is 2.43. The Morgan fingerprint density at radius 2 is 1.75 bits per heavy atom. The molecule has 0 spiro atoms. The standard InChI is InChI=1S/C25H19ClFNO4/c1-14-13-15(7-12-20(14)32-2)23(29)21-22(18-5-3-4-6-19(18)27)28(25(31)24(21)30)17-10-8-16(26)9-11-17/h3-13,22,29H,1-2H3/b23-21+. The van der Waals surface area contributed by atoms with Gasteiger partial charge in [0, 0.05) is 21.8 Å². The number of ether oxygens (including phenoxy) is 1. The molecule has 1 saturated heterocycles. The number of nitrogens with zero attached hydrogens (tertiary/aromatic N) is 1. The van der Waals surface area contributed by atoms with Crippen LogP contribution in [0.1, 0.15) is 22.7 Å². The molecular weight excluding hydrogens is 433 g/mol. The molecule has 0 aliphatic carbocycles. The summed E-state index contributed by atoms with van der Waals surface area (Å²) < 4.78 is 20.1. The van der Waals surface area contributed by atoms with Gasteiger partial charge in [-0.15, -0.1) is 0 Å². The summed E-state index contributed by atoms with van der Waals surface area (Å²) in [5.74, 6) is -2.16. The van der Waals surface area contributed by atoms with E-state index in [4.69, 9.17) is 16.3 Å². The van der Waals surface area contributed by atoms with Gasteiger partial charge in [-0.1, -0.05) is 29.8 Å². The van der Waals surface area contributed by atoms with E-state index in [0.29, 0.717) is 22.0 Å². The van der Waals surface area contributed by atoms with Gasteiger partial charge in [-0.2, -0.15) is 0 Å². The fourth-order valence-corrected chi connectivity index (χ4v) is 4.00. The number of anilines is 1. The van der Waals surface area contributed by atoms with Gasteiger partial charge in [0.2, 0.25) is 0 Å². The van der Waals surface area contributed by atoms with Crippen LogP contribution in [-0.2, 0) is 9.59 Å². The van der Waals surface area contributed by atoms with Crippen molar-refractivity contribution in [1.29, 1.82) is 0 Å². The monoisotopic (exact) mass is 451 g/mol. The topological polar surface area (TPSA) is 66.8 Å². The summed E-state index contributed by atoms with van der Waals surface area (Å²) in [5, 5.41) is 11.6. The number of carbonyl (C=O) groups excluding carboxylic acids is 2. The molecule has 5 nitrogen and oxygen atoms in total. The summed E-state index contributed by atoms with van der Waals surface area (Å²) in [6.45, 7) is 1.79. The maximum atomic E-state index is 14.9. The van der Waals surface area contributed by atoms with Crippen molar-refractivity contribution in [2.75, 3.05) is 12.0 Å². The van der Waals surface area contributed by atoms with Crippen molar-refractivity contribution in [3.8, 4) is 5.75 Å². The van der Waals surface area contributed by atoms with Crippen molar-refractivity contribution in [3.05, 3.63) is 99.8 Å². The van der Waals surface area contributed by atoms with Crippen LogP contribution in [0.4, 0.5) is 10.1 Å². The lowest BCUT2D eigenvalue weighted by atomic mass is 9.94. The molecular formula is C25H19ClFNO4. The van der Waals surface area contributed by atoms with Crippen LogP contribution < -0.4 is 9.64 Å². The fraction of sp³-hybridized carbons (Fsp3) is 0.120. The van der Waals surface area contributed by atoms with Crippen molar-refractivity contribution in [1.82, 2.24) is 0 Å². The molecule has 1 N–H and O–H groups in total. The average Bonchev–Trinajstić information content (AvgIpc) is 3.04. The number of Topliss-reactive ketones (excluding diaryl/α,β-unsaturated/α-hetero) is 1. The smallest absolute Gasteiger partial charge is 0.300 e. The molecule has 32 heavy (non-hydrogen) atoms. The van der Waals surface area contributed by atoms with Crippen LogP contribution in [-0.4, -0.2) is 23.9 Å². The van der Waals surface area contributed by atoms with Crippen molar-refractivity contribution >= 4 is 34.7 Å². The molecule has 0 aromatic heterocycles. The molecule has 7 heteroatoms. The Balaban J connectivity index is 1.96. The highest BCUT2D eigenvalue weighted by atomic mass is 35.5. The second-order valence-electron chi connectivity index (χ2n) is 7.35. The van der Waals surface area contributed by atoms with Crippen molar-refractivity contribution < 1.29 is 23.8 Å². The predicted octanol–water partition coefficient (Wildman–Crippen LogP) is 5.42. The second kappa shape index (κ2) is 8.48. The number of rotatable bonds is 4. The lowest BCUT2D eigenvalue weighted by Gasteiger charge is -2.25. The number of aliphatic hydroxyl groups excluding tert-OH is 1. The molecule has 0 saturated carbocycles. The van der Waals surface area contributed by atoms with Gasteiger partial charge in [-0.3, -0.25) is 14.5 Å². The van der Waals surface area contributed by atoms with Crippen LogP contribution in [0.15, 0.2) is 72.3 Å². The third-order valence-corrected chi connectivity index (χ3v) is 5.67. The van der Waals surface area contributed by atoms with Crippen LogP contribution in [0.25, 0.3) is 5.76 Å². The van der Waals surface area contributed by atoms with Gasteiger partial charge in [0.25, 0.3) is 11.7 Å². The number of aryl methyl sites for hydroxylation is 1. The van der Waals surface area contributed by atoms with E-state index in [1.165, 1.54) is 30.2 Å². The fourth-order valence-electron chi connectivity index (χ4n) is 3.87. The van der Waals surface area contributed by atoms with Gasteiger partial charge in [-0.25, -0.2) is 4.39 Å². The molecule has 0 radical (unpaired) electrons. The summed E-state index contributed by atoms with van der Waals surface area (Å²) in [6, 6.07) is 15.9. The van der Waals surface area contributed by atoms with Gasteiger partial charge in [0.15, 0.2) is 0 Å². The number of amides is 1. The minimum Gasteiger partial charge on any atom is -0.507 e. The summed E-state index contributed by atoms with van der Waals surface area (Å²) in [4.78, 5) is 27.3. The first-order valence-corrected chi connectivity index (χ1v) is 10.2. The summed E-state index contributed by atoms with van der Waals surface area (Å²) >= 11 is 5.97. The van der Waals surface area contributed by atoms with E-state index >= 15 is 0 Å². The first-order valence-electron chi connectivity index (χ1n) is 9.79. The molecule has 162 valence electrons. The molecule has 0 bridgehead atoms. The Bertz CT molecular complexity index is 1250. The summed E-state index contributed by atoms with van der Waals surface area (Å²) in [5.41, 5.74) is 1.30. The molecule has 3 aromatic carbocycles. The zero-order valence-electron chi connectivity index (χ0n) is 17.3. The van der Waals surface area contributed by atoms with Crippen LogP contribution >= 0.6 is 11.6 Å². The van der Waals surface area contributed by atoms with E-state index < -0.39 is 23.5 Å². The lowest BCUT2D eigenvalue weighted by Crippen LogP contribution is -2.29. The Hall–Kier alpha value is -3.64. The van der Waals surface area contributed by atoms with E-state index in [1.54, 1.807) is 55.5 Å². The molecule has 1 amide bonds. The average molecular weight is 452 g/mol. The number of carbonyl (C=O) groups is 2. The zero-order chi connectivity index (χ0) is 23.0. The summed E-state index contributed by atoms with van der Waals surface area (Å²) in [6.07, 6.45) is 0. The molecule has 1 heterocycles. The molecule has 4 rings (SSSR count). The van der Waals surface area contributed by atoms with Gasteiger partial charge >= 0.3 is 0 Å². The molecule has 1 atom stereocenters. The van der Waals surface area contributed by atoms with Crippen LogP contribution in [0.5, 0.6) is 5.75 Å². The highest BCUT2D eigenvalue weighted by molar-refractivity contribution is 6.51. The number of halogens is 2. The SMILES string of the molecule is COc1ccc(/C(O)=C2\C(=O)C(=O)N(c3ccc(Cl)cc3)C2c2ccccc2F)cc1C. The number of benzene rings is 3. The largest absolute Gasteiger partial charge is 0.507 e. The quantitative estimate of drug-likeness (QED) is 0.326. The van der Waals surface area contributed by atoms with E-state index in [-0.39, 0.29) is 16.9 Å². The maximum Gasteiger partial charge on any atom is 0.300 e. The maximum absolute atomic E-state index is 14.9. The minimum absolute atomic E-state index is 0.0911. The van der Waals surface area contributed by atoms with Gasteiger partial charge in [0.05, 0.1) is 18.7 Å². The van der Waals surface area contributed by atoms with Gasteiger partial charge in [-0.05, 0) is 61.0 Å². The first kappa shape index (κ1) is 21.6. The number of methoxy groups -OCH3 is 1. The zero-order valence-corrected chi connectivity index (χ0v) is 18.1. The van der Waals surface area contributed by atoms with Crippen molar-refractivity contribution in [2.24, 2.45) is 0 Å². The third-order valence-electron chi connectivity index (χ3n) is 5.42. The molecule has 3 aromatic rings. The number of aliphatic hydroxyl groups is 1. The number of ketones is 1. The minimum atomic E-state index is -1.15. The lowest BCUT2D eigenvalue weighted by molar-refractivity contribution is -0.132. The van der Waals surface area contributed by atoms with Crippen LogP contribution in [0.3, 0.4) is 0 Å². The Kier molecular flexibility index (Phi) is 5.72. The molecule has 1 fully saturated rings. The van der Waals surface area contributed by atoms with Gasteiger partial charge in [0.1, 0.15) is 17.3 Å². The highest BCUT2D eigenvalue weighted by Gasteiger charge is 2.47. The van der Waals surface area contributed by atoms with E-state index in [9.17, 15) is 19.1 Å². The van der Waals surface area contributed by atoms with Crippen LogP contribution in [0, 0.1) is 12.7 Å². The number of hydrogen-bond acceptors (Lipinski definition) is 4. The summed E-state index contributed by atoms with van der Waals surface area (Å²) in [7, 11) is 1.53. The third kappa shape index (κ3) is 3.63. The molecule has 1 aliphatic heterocycles. The number of hydrogen-bond donors (Lipinski definition) is 1. The van der Waals surface area contributed by atoms with E-state index in [0.717, 1.165) is 5.56 Å². The van der Waals surface area contributed by atoms with E-state index in [2.05, 4.69) is 0 Å². The van der Waals surface area contributed by atoms with Crippen LogP contribution in [0.2, 0.25) is 5.02 Å². The Morgan fingerprint density at radius 3 is 2.38 bits per heavy atom. The molecule has 1 aliphatic rings. The normalized spacial score (nSPS) is 17.6.